The van der Waals surface area contributed by atoms with Crippen LogP contribution in [0.1, 0.15) is 31.4 Å². The first kappa shape index (κ1) is 18.3. The highest BCUT2D eigenvalue weighted by Gasteiger charge is 2.37. The zero-order chi connectivity index (χ0) is 18.5. The summed E-state index contributed by atoms with van der Waals surface area (Å²) >= 11 is 0.999. The first-order valence-electron chi connectivity index (χ1n) is 8.62. The summed E-state index contributed by atoms with van der Waals surface area (Å²) in [6, 6.07) is 17.4. The molecular weight excluding hydrogens is 346 g/mol. The lowest BCUT2D eigenvalue weighted by Crippen LogP contribution is -2.36. The Morgan fingerprint density at radius 3 is 2.42 bits per heavy atom. The summed E-state index contributed by atoms with van der Waals surface area (Å²) in [7, 11) is 0. The van der Waals surface area contributed by atoms with Crippen LogP contribution in [0.2, 0.25) is 0 Å². The number of amides is 2. The molecule has 1 saturated heterocycles. The van der Waals surface area contributed by atoms with Gasteiger partial charge in [-0.1, -0.05) is 49.4 Å². The minimum atomic E-state index is -0.209. The fourth-order valence-corrected chi connectivity index (χ4v) is 3.52. The molecule has 1 atom stereocenters. The molecule has 0 radical (unpaired) electrons. The van der Waals surface area contributed by atoms with Crippen LogP contribution < -0.4 is 4.74 Å². The fourth-order valence-electron chi connectivity index (χ4n) is 2.59. The van der Waals surface area contributed by atoms with Crippen LogP contribution in [0.5, 0.6) is 5.75 Å². The van der Waals surface area contributed by atoms with Crippen LogP contribution in [-0.2, 0) is 11.4 Å². The van der Waals surface area contributed by atoms with Gasteiger partial charge in [0.15, 0.2) is 0 Å². The third-order valence-electron chi connectivity index (χ3n) is 4.28. The van der Waals surface area contributed by atoms with E-state index in [9.17, 15) is 9.59 Å². The molecule has 1 aliphatic rings. The molecule has 2 amide bonds. The smallest absolute Gasteiger partial charge is 0.293 e. The molecule has 26 heavy (non-hydrogen) atoms. The molecule has 0 aromatic heterocycles. The van der Waals surface area contributed by atoms with E-state index in [2.05, 4.69) is 0 Å². The number of hydrogen-bond donors (Lipinski definition) is 0. The average Bonchev–Trinajstić information content (AvgIpc) is 2.94. The van der Waals surface area contributed by atoms with Crippen LogP contribution in [0, 0.1) is 0 Å². The molecule has 4 nitrogen and oxygen atoms in total. The molecule has 1 aliphatic heterocycles. The lowest BCUT2D eigenvalue weighted by atomic mass is 10.2. The Kier molecular flexibility index (Phi) is 5.78. The Bertz CT molecular complexity index is 815. The van der Waals surface area contributed by atoms with Crippen LogP contribution in [0.3, 0.4) is 0 Å². The molecule has 0 aliphatic carbocycles. The van der Waals surface area contributed by atoms with Gasteiger partial charge in [0.1, 0.15) is 12.4 Å². The van der Waals surface area contributed by atoms with Gasteiger partial charge in [-0.3, -0.25) is 14.5 Å². The third-order valence-corrected chi connectivity index (χ3v) is 5.17. The first-order chi connectivity index (χ1) is 12.6. The summed E-state index contributed by atoms with van der Waals surface area (Å²) in [5.74, 6) is 0.553. The summed E-state index contributed by atoms with van der Waals surface area (Å²) in [5.41, 5.74) is 1.97. The molecule has 2 aromatic carbocycles. The van der Waals surface area contributed by atoms with E-state index < -0.39 is 0 Å². The predicted octanol–water partition coefficient (Wildman–Crippen LogP) is 5.10. The normalized spacial score (nSPS) is 17.0. The van der Waals surface area contributed by atoms with Crippen LogP contribution >= 0.6 is 11.8 Å². The molecule has 0 N–H and O–H groups in total. The lowest BCUT2D eigenvalue weighted by Gasteiger charge is -2.19. The summed E-state index contributed by atoms with van der Waals surface area (Å²) in [6.45, 7) is 4.36. The van der Waals surface area contributed by atoms with E-state index in [1.807, 2.05) is 68.4 Å². The molecule has 0 unspecified atom stereocenters. The Morgan fingerprint density at radius 1 is 1.08 bits per heavy atom. The summed E-state index contributed by atoms with van der Waals surface area (Å²) in [5, 5.41) is -0.196. The number of rotatable bonds is 6. The lowest BCUT2D eigenvalue weighted by molar-refractivity contribution is -0.124. The van der Waals surface area contributed by atoms with Gasteiger partial charge in [0.2, 0.25) is 0 Å². The number of carbonyl (C=O) groups is 2. The van der Waals surface area contributed by atoms with E-state index in [-0.39, 0.29) is 17.2 Å². The Balaban J connectivity index is 1.66. The molecule has 3 rings (SSSR count). The number of nitrogens with zero attached hydrogens (tertiary/aromatic N) is 1. The molecule has 0 saturated carbocycles. The minimum Gasteiger partial charge on any atom is -0.489 e. The maximum absolute atomic E-state index is 12.4. The van der Waals surface area contributed by atoms with E-state index in [4.69, 9.17) is 4.74 Å². The van der Waals surface area contributed by atoms with Gasteiger partial charge in [-0.2, -0.15) is 0 Å². The first-order valence-corrected chi connectivity index (χ1v) is 9.44. The van der Waals surface area contributed by atoms with Crippen molar-refractivity contribution < 1.29 is 14.3 Å². The highest BCUT2D eigenvalue weighted by Crippen LogP contribution is 2.34. The van der Waals surface area contributed by atoms with Crippen LogP contribution in [-0.4, -0.2) is 22.1 Å². The molecule has 2 aromatic rings. The average molecular weight is 367 g/mol. The highest BCUT2D eigenvalue weighted by atomic mass is 32.2. The van der Waals surface area contributed by atoms with E-state index in [0.29, 0.717) is 11.5 Å². The quantitative estimate of drug-likeness (QED) is 0.666. The van der Waals surface area contributed by atoms with Crippen molar-refractivity contribution in [3.63, 3.8) is 0 Å². The third kappa shape index (κ3) is 4.17. The van der Waals surface area contributed by atoms with Gasteiger partial charge in [-0.25, -0.2) is 0 Å². The van der Waals surface area contributed by atoms with Crippen molar-refractivity contribution in [2.24, 2.45) is 0 Å². The number of ether oxygens (including phenoxy) is 1. The second-order valence-corrected chi connectivity index (χ2v) is 7.15. The van der Waals surface area contributed by atoms with Crippen molar-refractivity contribution in [3.05, 3.63) is 70.6 Å². The zero-order valence-electron chi connectivity index (χ0n) is 14.8. The van der Waals surface area contributed by atoms with E-state index in [0.717, 1.165) is 35.1 Å². The number of carbonyl (C=O) groups excluding carboxylic acids is 2. The van der Waals surface area contributed by atoms with Gasteiger partial charge in [0.25, 0.3) is 11.1 Å². The van der Waals surface area contributed by atoms with E-state index in [1.54, 1.807) is 6.08 Å². The minimum absolute atomic E-state index is 0.0813. The van der Waals surface area contributed by atoms with Crippen molar-refractivity contribution in [2.75, 3.05) is 0 Å². The van der Waals surface area contributed by atoms with Crippen molar-refractivity contribution in [1.29, 1.82) is 0 Å². The molecule has 134 valence electrons. The number of imide groups is 1. The van der Waals surface area contributed by atoms with Crippen LogP contribution in [0.25, 0.3) is 6.08 Å². The molecule has 0 bridgehead atoms. The highest BCUT2D eigenvalue weighted by molar-refractivity contribution is 8.18. The Morgan fingerprint density at radius 2 is 1.77 bits per heavy atom. The van der Waals surface area contributed by atoms with Gasteiger partial charge in [-0.15, -0.1) is 0 Å². The van der Waals surface area contributed by atoms with Crippen LogP contribution in [0.15, 0.2) is 59.5 Å². The monoisotopic (exact) mass is 367 g/mol. The summed E-state index contributed by atoms with van der Waals surface area (Å²) < 4.78 is 5.76. The summed E-state index contributed by atoms with van der Waals surface area (Å²) in [6.07, 6.45) is 2.51. The van der Waals surface area contributed by atoms with Crippen LogP contribution in [0.4, 0.5) is 4.79 Å². The van der Waals surface area contributed by atoms with Gasteiger partial charge in [0.05, 0.1) is 4.91 Å². The standard InChI is InChI=1S/C21H21NO3S/c1-3-15(2)22-20(23)19(26-21(22)24)13-16-9-11-18(12-10-16)25-14-17-7-5-4-6-8-17/h4-13,15H,3,14H2,1-2H3/b19-13+/t15-/m0/s1. The molecule has 1 heterocycles. The molecule has 5 heteroatoms. The van der Waals surface area contributed by atoms with Crippen molar-refractivity contribution in [3.8, 4) is 5.75 Å². The molecule has 1 fully saturated rings. The Labute approximate surface area is 157 Å². The maximum Gasteiger partial charge on any atom is 0.293 e. The fraction of sp³-hybridized carbons (Fsp3) is 0.238. The molecule has 0 spiro atoms. The number of benzene rings is 2. The largest absolute Gasteiger partial charge is 0.489 e. The van der Waals surface area contributed by atoms with Gasteiger partial charge < -0.3 is 4.74 Å². The topological polar surface area (TPSA) is 46.6 Å². The SMILES string of the molecule is CC[C@H](C)N1C(=O)S/C(=C/c2ccc(OCc3ccccc3)cc2)C1=O. The van der Waals surface area contributed by atoms with Crippen molar-refractivity contribution in [1.82, 2.24) is 4.90 Å². The number of hydrogen-bond acceptors (Lipinski definition) is 4. The van der Waals surface area contributed by atoms with Gasteiger partial charge in [0, 0.05) is 6.04 Å². The predicted molar refractivity (Wildman–Crippen MR) is 105 cm³/mol. The second kappa shape index (κ2) is 8.23. The molecular formula is C21H21NO3S. The zero-order valence-corrected chi connectivity index (χ0v) is 15.7. The van der Waals surface area contributed by atoms with E-state index >= 15 is 0 Å². The maximum atomic E-state index is 12.4. The Hall–Kier alpha value is -2.53. The summed E-state index contributed by atoms with van der Waals surface area (Å²) in [4.78, 5) is 26.3. The van der Waals surface area contributed by atoms with E-state index in [1.165, 1.54) is 4.90 Å². The van der Waals surface area contributed by atoms with Crippen molar-refractivity contribution in [2.45, 2.75) is 32.9 Å². The van der Waals surface area contributed by atoms with Gasteiger partial charge in [-0.05, 0) is 54.4 Å². The van der Waals surface area contributed by atoms with Crippen molar-refractivity contribution >= 4 is 29.0 Å². The number of thioether (sulfide) groups is 1. The van der Waals surface area contributed by atoms with Gasteiger partial charge >= 0.3 is 0 Å². The second-order valence-electron chi connectivity index (χ2n) is 6.15.